The Balaban J connectivity index is 2.09. The minimum Gasteiger partial charge on any atom is -0.338 e. The fourth-order valence-corrected chi connectivity index (χ4v) is 3.12. The predicted molar refractivity (Wildman–Crippen MR) is 102 cm³/mol. The normalized spacial score (nSPS) is 11.3. The maximum atomic E-state index is 13.0. The number of nitriles is 1. The summed E-state index contributed by atoms with van der Waals surface area (Å²) >= 11 is 6.00. The van der Waals surface area contributed by atoms with Crippen LogP contribution in [0.2, 0.25) is 5.02 Å². The van der Waals surface area contributed by atoms with Crippen LogP contribution in [0.1, 0.15) is 25.0 Å². The Morgan fingerprint density at radius 3 is 2.54 bits per heavy atom. The molecule has 130 valence electrons. The Bertz CT molecular complexity index is 1090. The van der Waals surface area contributed by atoms with Crippen molar-refractivity contribution >= 4 is 28.3 Å². The van der Waals surface area contributed by atoms with Crippen LogP contribution < -0.4 is 5.43 Å². The van der Waals surface area contributed by atoms with Crippen molar-refractivity contribution in [3.63, 3.8) is 0 Å². The Kier molecular flexibility index (Phi) is 4.67. The Hall–Kier alpha value is -2.90. The molecule has 0 spiro atoms. The van der Waals surface area contributed by atoms with Crippen LogP contribution in [-0.4, -0.2) is 10.4 Å². The van der Waals surface area contributed by atoms with Gasteiger partial charge < -0.3 is 4.57 Å². The van der Waals surface area contributed by atoms with E-state index in [0.29, 0.717) is 15.9 Å². The molecule has 0 N–H and O–H groups in total. The number of rotatable bonds is 4. The third-order valence-electron chi connectivity index (χ3n) is 4.67. The number of Topliss-reactive ketones (excluding diaryl/α,β-unsaturated/α-hetero) is 1. The second-order valence-electron chi connectivity index (χ2n) is 6.69. The summed E-state index contributed by atoms with van der Waals surface area (Å²) in [5, 5.41) is 10.0. The largest absolute Gasteiger partial charge is 0.338 e. The highest BCUT2D eigenvalue weighted by Crippen LogP contribution is 2.26. The molecule has 3 aromatic rings. The van der Waals surface area contributed by atoms with Crippen molar-refractivity contribution in [2.45, 2.75) is 25.8 Å². The molecule has 0 atom stereocenters. The van der Waals surface area contributed by atoms with Gasteiger partial charge in [-0.25, -0.2) is 0 Å². The number of benzene rings is 2. The van der Waals surface area contributed by atoms with Crippen LogP contribution in [0.3, 0.4) is 0 Å². The van der Waals surface area contributed by atoms with Crippen LogP contribution in [0, 0.1) is 11.3 Å². The van der Waals surface area contributed by atoms with E-state index in [2.05, 4.69) is 0 Å². The minimum atomic E-state index is -0.698. The van der Waals surface area contributed by atoms with Crippen LogP contribution in [0.25, 0.3) is 10.9 Å². The zero-order valence-corrected chi connectivity index (χ0v) is 15.2. The highest BCUT2D eigenvalue weighted by molar-refractivity contribution is 6.31. The van der Waals surface area contributed by atoms with E-state index in [1.807, 2.05) is 50.2 Å². The first-order chi connectivity index (χ1) is 12.3. The molecular weight excluding hydrogens is 348 g/mol. The Labute approximate surface area is 156 Å². The van der Waals surface area contributed by atoms with E-state index in [0.717, 1.165) is 5.56 Å². The zero-order valence-electron chi connectivity index (χ0n) is 14.5. The number of nitrogens with zero attached hydrogens (tertiary/aromatic N) is 2. The van der Waals surface area contributed by atoms with Crippen LogP contribution in [0.15, 0.2) is 59.5 Å². The molecule has 26 heavy (non-hydrogen) atoms. The van der Waals surface area contributed by atoms with Crippen molar-refractivity contribution in [1.82, 2.24) is 4.57 Å². The molecule has 0 saturated heterocycles. The molecule has 0 radical (unpaired) electrons. The predicted octanol–water partition coefficient (Wildman–Crippen LogP) is 4.07. The topological polar surface area (TPSA) is 62.9 Å². The van der Waals surface area contributed by atoms with Crippen molar-refractivity contribution in [2.24, 2.45) is 0 Å². The molecule has 4 nitrogen and oxygen atoms in total. The summed E-state index contributed by atoms with van der Waals surface area (Å²) in [6, 6.07) is 16.3. The maximum Gasteiger partial charge on any atom is 0.207 e. The van der Waals surface area contributed by atoms with Crippen molar-refractivity contribution in [2.75, 3.05) is 0 Å². The van der Waals surface area contributed by atoms with Crippen molar-refractivity contribution in [1.29, 1.82) is 5.26 Å². The van der Waals surface area contributed by atoms with E-state index in [4.69, 9.17) is 11.6 Å². The van der Waals surface area contributed by atoms with Crippen molar-refractivity contribution in [3.8, 4) is 6.07 Å². The molecule has 2 aromatic carbocycles. The third-order valence-corrected chi connectivity index (χ3v) is 4.90. The molecule has 3 rings (SSSR count). The summed E-state index contributed by atoms with van der Waals surface area (Å²) in [7, 11) is 0. The first-order valence-corrected chi connectivity index (χ1v) is 8.54. The molecule has 0 saturated carbocycles. The zero-order chi connectivity index (χ0) is 18.9. The lowest BCUT2D eigenvalue weighted by Crippen LogP contribution is -2.32. The molecule has 1 aromatic heterocycles. The SMILES string of the molecule is CC(C)(C(=O)Cn1cc(C#N)c(=O)c2cc(Cl)ccc21)c1ccccc1. The molecule has 1 heterocycles. The van der Waals surface area contributed by atoms with Crippen molar-refractivity contribution < 1.29 is 4.79 Å². The summed E-state index contributed by atoms with van der Waals surface area (Å²) in [6.07, 6.45) is 1.44. The monoisotopic (exact) mass is 364 g/mol. The van der Waals surface area contributed by atoms with Gasteiger partial charge in [-0.1, -0.05) is 41.9 Å². The van der Waals surface area contributed by atoms with Crippen LogP contribution in [0.4, 0.5) is 0 Å². The Morgan fingerprint density at radius 1 is 1.19 bits per heavy atom. The molecule has 0 amide bonds. The number of carbonyl (C=O) groups excluding carboxylic acids is 1. The van der Waals surface area contributed by atoms with Gasteiger partial charge in [0.25, 0.3) is 0 Å². The first kappa shape index (κ1) is 17.9. The van der Waals surface area contributed by atoms with Gasteiger partial charge >= 0.3 is 0 Å². The van der Waals surface area contributed by atoms with Gasteiger partial charge in [-0.15, -0.1) is 0 Å². The van der Waals surface area contributed by atoms with Gasteiger partial charge in [0, 0.05) is 16.6 Å². The number of aromatic nitrogens is 1. The lowest BCUT2D eigenvalue weighted by atomic mass is 9.80. The number of hydrogen-bond donors (Lipinski definition) is 0. The molecule has 5 heteroatoms. The van der Waals surface area contributed by atoms with E-state index in [1.54, 1.807) is 16.7 Å². The molecule has 0 bridgehead atoms. The summed E-state index contributed by atoms with van der Waals surface area (Å²) in [5.74, 6) is -0.0208. The molecule has 0 aliphatic rings. The average Bonchev–Trinajstić information content (AvgIpc) is 2.64. The molecule has 0 fully saturated rings. The Morgan fingerprint density at radius 2 is 1.88 bits per heavy atom. The molecule has 0 unspecified atom stereocenters. The fourth-order valence-electron chi connectivity index (χ4n) is 2.95. The number of carbonyl (C=O) groups is 1. The lowest BCUT2D eigenvalue weighted by Gasteiger charge is -2.25. The van der Waals surface area contributed by atoms with E-state index >= 15 is 0 Å². The van der Waals surface area contributed by atoms with E-state index in [9.17, 15) is 14.9 Å². The fraction of sp³-hybridized carbons (Fsp3) is 0.190. The van der Waals surface area contributed by atoms with E-state index in [-0.39, 0.29) is 23.3 Å². The van der Waals surface area contributed by atoms with E-state index in [1.165, 1.54) is 12.3 Å². The average molecular weight is 365 g/mol. The quantitative estimate of drug-likeness (QED) is 0.700. The second kappa shape index (κ2) is 6.78. The number of pyridine rings is 1. The highest BCUT2D eigenvalue weighted by atomic mass is 35.5. The van der Waals surface area contributed by atoms with Crippen LogP contribution >= 0.6 is 11.6 Å². The minimum absolute atomic E-state index is 0.00918. The standard InChI is InChI=1S/C21H17ClN2O2/c1-21(2,15-6-4-3-5-7-15)19(25)13-24-12-14(11-23)20(26)17-10-16(22)8-9-18(17)24/h3-10,12H,13H2,1-2H3. The third kappa shape index (κ3) is 3.14. The summed E-state index contributed by atoms with van der Waals surface area (Å²) in [6.45, 7) is 3.80. The van der Waals surface area contributed by atoms with Gasteiger partial charge in [0.05, 0.1) is 17.5 Å². The number of ketones is 1. The lowest BCUT2D eigenvalue weighted by molar-refractivity contribution is -0.124. The van der Waals surface area contributed by atoms with Gasteiger partial charge in [0.15, 0.2) is 5.78 Å². The summed E-state index contributed by atoms with van der Waals surface area (Å²) < 4.78 is 1.65. The maximum absolute atomic E-state index is 13.0. The number of halogens is 1. The van der Waals surface area contributed by atoms with Gasteiger partial charge in [-0.05, 0) is 37.6 Å². The number of hydrogen-bond acceptors (Lipinski definition) is 3. The molecule has 0 aliphatic heterocycles. The molecular formula is C21H17ClN2O2. The van der Waals surface area contributed by atoms with Crippen LogP contribution in [0.5, 0.6) is 0 Å². The number of fused-ring (bicyclic) bond motifs is 1. The van der Waals surface area contributed by atoms with Gasteiger partial charge in [-0.3, -0.25) is 9.59 Å². The van der Waals surface area contributed by atoms with Crippen molar-refractivity contribution in [3.05, 3.63) is 81.1 Å². The molecule has 0 aliphatic carbocycles. The summed E-state index contributed by atoms with van der Waals surface area (Å²) in [4.78, 5) is 25.4. The highest BCUT2D eigenvalue weighted by Gasteiger charge is 2.29. The smallest absolute Gasteiger partial charge is 0.207 e. The van der Waals surface area contributed by atoms with Crippen LogP contribution in [-0.2, 0) is 16.8 Å². The summed E-state index contributed by atoms with van der Waals surface area (Å²) in [5.41, 5.74) is 0.409. The van der Waals surface area contributed by atoms with E-state index < -0.39 is 5.41 Å². The van der Waals surface area contributed by atoms with Gasteiger partial charge in [0.2, 0.25) is 5.43 Å². The first-order valence-electron chi connectivity index (χ1n) is 8.16. The second-order valence-corrected chi connectivity index (χ2v) is 7.12. The van der Waals surface area contributed by atoms with Gasteiger partial charge in [0.1, 0.15) is 11.6 Å². The van der Waals surface area contributed by atoms with Gasteiger partial charge in [-0.2, -0.15) is 5.26 Å².